The number of carbonyl (C=O) groups excluding carboxylic acids is 1. The molecule has 0 bridgehead atoms. The molecule has 88 valence electrons. The average Bonchev–Trinajstić information content (AvgIpc) is 2.75. The zero-order valence-electron chi connectivity index (χ0n) is 9.58. The lowest BCUT2D eigenvalue weighted by Gasteiger charge is -2.00. The van der Waals surface area contributed by atoms with E-state index in [2.05, 4.69) is 4.99 Å². The van der Waals surface area contributed by atoms with E-state index in [1.165, 1.54) is 11.3 Å². The first kappa shape index (κ1) is 11.6. The van der Waals surface area contributed by atoms with Gasteiger partial charge in [-0.25, -0.2) is 0 Å². The molecule has 0 spiro atoms. The van der Waals surface area contributed by atoms with Gasteiger partial charge in [0, 0.05) is 24.2 Å². The van der Waals surface area contributed by atoms with E-state index < -0.39 is 0 Å². The molecular weight excluding hydrogens is 236 g/mol. The van der Waals surface area contributed by atoms with Crippen molar-refractivity contribution < 1.29 is 9.53 Å². The van der Waals surface area contributed by atoms with Crippen molar-refractivity contribution in [2.75, 3.05) is 7.11 Å². The van der Waals surface area contributed by atoms with Crippen molar-refractivity contribution in [2.45, 2.75) is 0 Å². The first-order valence-corrected chi connectivity index (χ1v) is 5.92. The summed E-state index contributed by atoms with van der Waals surface area (Å²) in [5.41, 5.74) is 0.526. The van der Waals surface area contributed by atoms with Crippen LogP contribution in [-0.2, 0) is 7.05 Å². The van der Waals surface area contributed by atoms with Crippen LogP contribution >= 0.6 is 11.3 Å². The third kappa shape index (κ3) is 2.62. The third-order valence-electron chi connectivity index (χ3n) is 2.27. The van der Waals surface area contributed by atoms with Gasteiger partial charge in [0.1, 0.15) is 5.75 Å². The first-order valence-electron chi connectivity index (χ1n) is 5.04. The molecule has 0 fully saturated rings. The minimum absolute atomic E-state index is 0.262. The summed E-state index contributed by atoms with van der Waals surface area (Å²) in [7, 11) is 3.42. The Labute approximate surface area is 103 Å². The van der Waals surface area contributed by atoms with Gasteiger partial charge >= 0.3 is 0 Å². The summed E-state index contributed by atoms with van der Waals surface area (Å²) in [6, 6.07) is 6.97. The number of ether oxygens (including phenoxy) is 1. The number of hydrogen-bond donors (Lipinski definition) is 0. The molecule has 2 rings (SSSR count). The lowest BCUT2D eigenvalue weighted by Crippen LogP contribution is -2.12. The molecule has 5 heteroatoms. The molecule has 1 aromatic carbocycles. The molecule has 1 aromatic heterocycles. The summed E-state index contributed by atoms with van der Waals surface area (Å²) in [6.45, 7) is 0. The molecule has 17 heavy (non-hydrogen) atoms. The topological polar surface area (TPSA) is 43.6 Å². The molecule has 0 aliphatic rings. The number of carbonyl (C=O) groups is 1. The number of aromatic nitrogens is 1. The van der Waals surface area contributed by atoms with Gasteiger partial charge in [-0.15, -0.1) is 11.3 Å². The predicted octanol–water partition coefficient (Wildman–Crippen LogP) is 1.84. The summed E-state index contributed by atoms with van der Waals surface area (Å²) in [5.74, 6) is 0.392. The number of aryl methyl sites for hydroxylation is 1. The highest BCUT2D eigenvalue weighted by atomic mass is 32.1. The van der Waals surface area contributed by atoms with Crippen molar-refractivity contribution in [2.24, 2.45) is 12.0 Å². The fourth-order valence-electron chi connectivity index (χ4n) is 1.34. The van der Waals surface area contributed by atoms with Crippen molar-refractivity contribution >= 4 is 17.2 Å². The van der Waals surface area contributed by atoms with Crippen molar-refractivity contribution in [3.63, 3.8) is 0 Å². The summed E-state index contributed by atoms with van der Waals surface area (Å²) in [6.07, 6.45) is 1.86. The van der Waals surface area contributed by atoms with E-state index in [1.54, 1.807) is 31.4 Å². The van der Waals surface area contributed by atoms with E-state index >= 15 is 0 Å². The van der Waals surface area contributed by atoms with Crippen LogP contribution in [0, 0.1) is 0 Å². The first-order chi connectivity index (χ1) is 8.20. The van der Waals surface area contributed by atoms with Crippen LogP contribution in [0.5, 0.6) is 5.75 Å². The van der Waals surface area contributed by atoms with Gasteiger partial charge in [0.15, 0.2) is 4.80 Å². The second-order valence-electron chi connectivity index (χ2n) is 3.45. The zero-order chi connectivity index (χ0) is 12.3. The largest absolute Gasteiger partial charge is 0.497 e. The van der Waals surface area contributed by atoms with E-state index in [0.29, 0.717) is 16.1 Å². The Bertz CT molecular complexity index is 598. The van der Waals surface area contributed by atoms with Crippen LogP contribution < -0.4 is 9.54 Å². The van der Waals surface area contributed by atoms with Crippen LogP contribution in [0.2, 0.25) is 0 Å². The molecule has 1 heterocycles. The molecule has 0 aliphatic heterocycles. The maximum absolute atomic E-state index is 11.9. The molecule has 0 N–H and O–H groups in total. The van der Waals surface area contributed by atoms with Gasteiger partial charge in [0.25, 0.3) is 5.91 Å². The Balaban J connectivity index is 2.35. The lowest BCUT2D eigenvalue weighted by molar-refractivity contribution is 0.0997. The minimum Gasteiger partial charge on any atom is -0.497 e. The number of amides is 1. The smallest absolute Gasteiger partial charge is 0.279 e. The van der Waals surface area contributed by atoms with E-state index in [1.807, 2.05) is 23.2 Å². The second kappa shape index (κ2) is 4.97. The molecule has 4 nitrogen and oxygen atoms in total. The predicted molar refractivity (Wildman–Crippen MR) is 66.2 cm³/mol. The third-order valence-corrected chi connectivity index (χ3v) is 3.12. The lowest BCUT2D eigenvalue weighted by atomic mass is 10.2. The summed E-state index contributed by atoms with van der Waals surface area (Å²) in [5, 5.41) is 1.89. The average molecular weight is 248 g/mol. The molecule has 0 unspecified atom stereocenters. The highest BCUT2D eigenvalue weighted by Gasteiger charge is 2.05. The van der Waals surface area contributed by atoms with Crippen LogP contribution in [-0.4, -0.2) is 17.6 Å². The van der Waals surface area contributed by atoms with Crippen molar-refractivity contribution in [3.05, 3.63) is 46.2 Å². The van der Waals surface area contributed by atoms with Crippen LogP contribution in [0.4, 0.5) is 0 Å². The Morgan fingerprint density at radius 3 is 2.94 bits per heavy atom. The van der Waals surface area contributed by atoms with Crippen LogP contribution in [0.3, 0.4) is 0 Å². The maximum atomic E-state index is 11.9. The maximum Gasteiger partial charge on any atom is 0.279 e. The van der Waals surface area contributed by atoms with Gasteiger partial charge in [-0.05, 0) is 18.2 Å². The normalized spacial score (nSPS) is 11.5. The number of nitrogens with zero attached hydrogens (tertiary/aromatic N) is 2. The summed E-state index contributed by atoms with van der Waals surface area (Å²) >= 11 is 1.43. The number of thiazole rings is 1. The highest BCUT2D eigenvalue weighted by molar-refractivity contribution is 7.07. The van der Waals surface area contributed by atoms with E-state index in [9.17, 15) is 4.79 Å². The number of methoxy groups -OCH3 is 1. The fourth-order valence-corrected chi connectivity index (χ4v) is 2.07. The van der Waals surface area contributed by atoms with Gasteiger partial charge in [-0.2, -0.15) is 4.99 Å². The molecule has 2 aromatic rings. The van der Waals surface area contributed by atoms with E-state index in [0.717, 1.165) is 0 Å². The van der Waals surface area contributed by atoms with Crippen molar-refractivity contribution in [1.82, 2.24) is 4.57 Å². The Morgan fingerprint density at radius 2 is 2.29 bits per heavy atom. The van der Waals surface area contributed by atoms with Gasteiger partial charge in [0.2, 0.25) is 0 Å². The minimum atomic E-state index is -0.262. The quantitative estimate of drug-likeness (QED) is 0.814. The number of hydrogen-bond acceptors (Lipinski definition) is 3. The standard InChI is InChI=1S/C12H12N2O2S/c1-14-6-7-17-12(14)13-11(15)9-4-3-5-10(8-9)16-2/h3-8H,1-2H3. The molecule has 0 saturated carbocycles. The van der Waals surface area contributed by atoms with E-state index in [4.69, 9.17) is 4.74 Å². The molecule has 0 atom stereocenters. The van der Waals surface area contributed by atoms with Crippen LogP contribution in [0.15, 0.2) is 40.8 Å². The molecule has 0 saturated heterocycles. The Hall–Kier alpha value is -1.88. The summed E-state index contributed by atoms with van der Waals surface area (Å²) in [4.78, 5) is 16.6. The number of rotatable bonds is 2. The second-order valence-corrected chi connectivity index (χ2v) is 4.32. The van der Waals surface area contributed by atoms with Crippen LogP contribution in [0.1, 0.15) is 10.4 Å². The van der Waals surface area contributed by atoms with Crippen molar-refractivity contribution in [1.29, 1.82) is 0 Å². The zero-order valence-corrected chi connectivity index (χ0v) is 10.4. The van der Waals surface area contributed by atoms with Gasteiger partial charge in [-0.3, -0.25) is 4.79 Å². The van der Waals surface area contributed by atoms with Gasteiger partial charge in [-0.1, -0.05) is 6.07 Å². The monoisotopic (exact) mass is 248 g/mol. The highest BCUT2D eigenvalue weighted by Crippen LogP contribution is 2.13. The van der Waals surface area contributed by atoms with Crippen molar-refractivity contribution in [3.8, 4) is 5.75 Å². The molecule has 1 amide bonds. The summed E-state index contributed by atoms with van der Waals surface area (Å²) < 4.78 is 6.88. The SMILES string of the molecule is COc1cccc(C(=O)N=c2sccn2C)c1. The van der Waals surface area contributed by atoms with Gasteiger partial charge < -0.3 is 9.30 Å². The molecular formula is C12H12N2O2S. The number of benzene rings is 1. The molecule has 0 radical (unpaired) electrons. The van der Waals surface area contributed by atoms with Gasteiger partial charge in [0.05, 0.1) is 7.11 Å². The molecule has 0 aliphatic carbocycles. The Morgan fingerprint density at radius 1 is 1.47 bits per heavy atom. The Kier molecular flexibility index (Phi) is 3.39. The van der Waals surface area contributed by atoms with E-state index in [-0.39, 0.29) is 5.91 Å². The van der Waals surface area contributed by atoms with Crippen LogP contribution in [0.25, 0.3) is 0 Å². The fraction of sp³-hybridized carbons (Fsp3) is 0.167.